The second-order valence-electron chi connectivity index (χ2n) is 5.01. The largest absolute Gasteiger partial charge is 0.224 e. The van der Waals surface area contributed by atoms with E-state index in [0.717, 1.165) is 16.7 Å². The maximum absolute atomic E-state index is 12.1. The highest BCUT2D eigenvalue weighted by Crippen LogP contribution is 2.21. The lowest BCUT2D eigenvalue weighted by Gasteiger charge is -2.00. The van der Waals surface area contributed by atoms with Gasteiger partial charge in [0.05, 0.1) is 4.90 Å². The van der Waals surface area contributed by atoms with Crippen LogP contribution in [0.5, 0.6) is 0 Å². The van der Waals surface area contributed by atoms with Crippen LogP contribution in [0.15, 0.2) is 65.0 Å². The van der Waals surface area contributed by atoms with Crippen LogP contribution < -0.4 is 0 Å². The summed E-state index contributed by atoms with van der Waals surface area (Å²) in [6.07, 6.45) is 2.97. The van der Waals surface area contributed by atoms with Gasteiger partial charge in [-0.05, 0) is 48.3 Å². The quantitative estimate of drug-likeness (QED) is 0.691. The van der Waals surface area contributed by atoms with E-state index in [-0.39, 0.29) is 5.82 Å². The standard InChI is InChI=1S/C10H9NO2S2.C7H7F/c1-15(12,13)10-4-2-8(3-5-10)9-6-11-14-7-9;1-6-2-4-7(8)5-3-6/h2-7H,1H3;2-5H,1H3. The van der Waals surface area contributed by atoms with Crippen molar-refractivity contribution in [2.75, 3.05) is 6.26 Å². The van der Waals surface area contributed by atoms with Crippen LogP contribution in [0.25, 0.3) is 11.1 Å². The van der Waals surface area contributed by atoms with Gasteiger partial charge in [-0.2, -0.15) is 0 Å². The van der Waals surface area contributed by atoms with Crippen LogP contribution in [0.3, 0.4) is 0 Å². The van der Waals surface area contributed by atoms with Gasteiger partial charge in [0.1, 0.15) is 5.82 Å². The summed E-state index contributed by atoms with van der Waals surface area (Å²) in [6.45, 7) is 1.93. The first-order valence-corrected chi connectivity index (χ1v) is 9.51. The van der Waals surface area contributed by atoms with Crippen LogP contribution in [0.2, 0.25) is 0 Å². The zero-order valence-electron chi connectivity index (χ0n) is 12.7. The smallest absolute Gasteiger partial charge is 0.175 e. The Kier molecular flexibility index (Phi) is 5.63. The molecule has 3 nitrogen and oxygen atoms in total. The minimum absolute atomic E-state index is 0.171. The summed E-state index contributed by atoms with van der Waals surface area (Å²) in [5.41, 5.74) is 3.09. The number of rotatable bonds is 2. The van der Waals surface area contributed by atoms with Gasteiger partial charge in [-0.15, -0.1) is 0 Å². The van der Waals surface area contributed by atoms with Crippen molar-refractivity contribution in [2.24, 2.45) is 0 Å². The fraction of sp³-hybridized carbons (Fsp3) is 0.118. The van der Waals surface area contributed by atoms with Crippen molar-refractivity contribution in [3.05, 3.63) is 71.5 Å². The maximum Gasteiger partial charge on any atom is 0.175 e. The minimum atomic E-state index is -3.10. The first-order valence-electron chi connectivity index (χ1n) is 6.78. The minimum Gasteiger partial charge on any atom is -0.224 e. The molecule has 3 rings (SSSR count). The van der Waals surface area contributed by atoms with Crippen molar-refractivity contribution in [2.45, 2.75) is 11.8 Å². The fourth-order valence-electron chi connectivity index (χ4n) is 1.78. The van der Waals surface area contributed by atoms with E-state index < -0.39 is 9.84 Å². The number of hydrogen-bond acceptors (Lipinski definition) is 4. The summed E-state index contributed by atoms with van der Waals surface area (Å²) >= 11 is 1.38. The number of benzene rings is 2. The molecule has 0 unspecified atom stereocenters. The average Bonchev–Trinajstić information content (AvgIpc) is 3.05. The molecule has 0 N–H and O–H groups in total. The molecule has 0 radical (unpaired) electrons. The summed E-state index contributed by atoms with van der Waals surface area (Å²) in [6, 6.07) is 13.2. The zero-order valence-corrected chi connectivity index (χ0v) is 14.4. The molecule has 0 bridgehead atoms. The first kappa shape index (κ1) is 17.3. The Morgan fingerprint density at radius 3 is 2.00 bits per heavy atom. The van der Waals surface area contributed by atoms with Gasteiger partial charge in [-0.25, -0.2) is 17.2 Å². The van der Waals surface area contributed by atoms with Gasteiger partial charge in [0.2, 0.25) is 0 Å². The second-order valence-corrected chi connectivity index (χ2v) is 7.68. The van der Waals surface area contributed by atoms with Gasteiger partial charge in [0.25, 0.3) is 0 Å². The Balaban J connectivity index is 0.000000203. The van der Waals surface area contributed by atoms with Gasteiger partial charge in [-0.1, -0.05) is 29.8 Å². The van der Waals surface area contributed by atoms with Crippen molar-refractivity contribution in [1.82, 2.24) is 4.37 Å². The molecule has 0 amide bonds. The molecule has 0 saturated heterocycles. The molecule has 1 aromatic heterocycles. The number of halogens is 1. The van der Waals surface area contributed by atoms with Crippen LogP contribution in [-0.4, -0.2) is 19.0 Å². The number of aromatic nitrogens is 1. The van der Waals surface area contributed by atoms with Crippen LogP contribution in [0.4, 0.5) is 4.39 Å². The molecule has 3 aromatic rings. The first-order chi connectivity index (χ1) is 10.9. The molecular weight excluding hydrogens is 333 g/mol. The SMILES string of the molecule is CS(=O)(=O)c1ccc(-c2cnsc2)cc1.Cc1ccc(F)cc1. The highest BCUT2D eigenvalue weighted by atomic mass is 32.2. The van der Waals surface area contributed by atoms with Crippen molar-refractivity contribution in [1.29, 1.82) is 0 Å². The normalized spacial score (nSPS) is 10.7. The molecule has 0 fully saturated rings. The van der Waals surface area contributed by atoms with Crippen LogP contribution >= 0.6 is 11.5 Å². The van der Waals surface area contributed by atoms with E-state index in [4.69, 9.17) is 0 Å². The lowest BCUT2D eigenvalue weighted by atomic mass is 10.1. The molecule has 0 aliphatic rings. The molecule has 6 heteroatoms. The molecule has 0 spiro atoms. The molecule has 0 atom stereocenters. The Morgan fingerprint density at radius 1 is 0.957 bits per heavy atom. The van der Waals surface area contributed by atoms with Gasteiger partial charge in [0.15, 0.2) is 9.84 Å². The van der Waals surface area contributed by atoms with Crippen molar-refractivity contribution >= 4 is 21.4 Å². The molecule has 0 saturated carbocycles. The molecule has 23 heavy (non-hydrogen) atoms. The molecule has 2 aromatic carbocycles. The molecular formula is C17H16FNO2S2. The lowest BCUT2D eigenvalue weighted by Crippen LogP contribution is -1.95. The van der Waals surface area contributed by atoms with E-state index in [1.165, 1.54) is 29.9 Å². The summed E-state index contributed by atoms with van der Waals surface area (Å²) in [7, 11) is -3.10. The second kappa shape index (κ2) is 7.48. The maximum atomic E-state index is 12.1. The predicted molar refractivity (Wildman–Crippen MR) is 91.8 cm³/mol. The van der Waals surface area contributed by atoms with E-state index in [9.17, 15) is 12.8 Å². The summed E-state index contributed by atoms with van der Waals surface area (Å²) in [4.78, 5) is 0.342. The lowest BCUT2D eigenvalue weighted by molar-refractivity contribution is 0.602. The summed E-state index contributed by atoms with van der Waals surface area (Å²) in [5.74, 6) is -0.171. The summed E-state index contributed by atoms with van der Waals surface area (Å²) < 4.78 is 38.5. The number of hydrogen-bond donors (Lipinski definition) is 0. The molecule has 1 heterocycles. The van der Waals surface area contributed by atoms with E-state index in [1.807, 2.05) is 12.3 Å². The van der Waals surface area contributed by atoms with Gasteiger partial charge in [0, 0.05) is 23.4 Å². The van der Waals surface area contributed by atoms with Crippen molar-refractivity contribution < 1.29 is 12.8 Å². The number of aryl methyl sites for hydroxylation is 1. The van der Waals surface area contributed by atoms with Crippen molar-refractivity contribution in [3.8, 4) is 11.1 Å². The Labute approximate surface area is 139 Å². The van der Waals surface area contributed by atoms with E-state index in [0.29, 0.717) is 4.90 Å². The summed E-state index contributed by atoms with van der Waals surface area (Å²) in [5, 5.41) is 1.93. The third-order valence-electron chi connectivity index (χ3n) is 3.06. The third-order valence-corrected chi connectivity index (χ3v) is 4.77. The number of nitrogens with zero attached hydrogens (tertiary/aromatic N) is 1. The van der Waals surface area contributed by atoms with Crippen molar-refractivity contribution in [3.63, 3.8) is 0 Å². The van der Waals surface area contributed by atoms with Gasteiger partial charge < -0.3 is 0 Å². The van der Waals surface area contributed by atoms with Crippen LogP contribution in [0.1, 0.15) is 5.56 Å². The highest BCUT2D eigenvalue weighted by molar-refractivity contribution is 7.90. The molecule has 0 aliphatic carbocycles. The average molecular weight is 349 g/mol. The molecule has 120 valence electrons. The predicted octanol–water partition coefficient (Wildman–Crippen LogP) is 4.35. The Bertz CT molecular complexity index is 820. The zero-order chi connectivity index (χ0) is 16.9. The van der Waals surface area contributed by atoms with Crippen LogP contribution in [-0.2, 0) is 9.84 Å². The molecule has 0 aliphatic heterocycles. The van der Waals surface area contributed by atoms with Crippen LogP contribution in [0, 0.1) is 12.7 Å². The fourth-order valence-corrected chi connectivity index (χ4v) is 2.95. The third kappa shape index (κ3) is 5.26. The number of sulfone groups is 1. The van der Waals surface area contributed by atoms with E-state index >= 15 is 0 Å². The van der Waals surface area contributed by atoms with Gasteiger partial charge in [-0.3, -0.25) is 0 Å². The van der Waals surface area contributed by atoms with E-state index in [2.05, 4.69) is 4.37 Å². The Hall–Kier alpha value is -2.05. The monoisotopic (exact) mass is 349 g/mol. The topological polar surface area (TPSA) is 47.0 Å². The van der Waals surface area contributed by atoms with Gasteiger partial charge >= 0.3 is 0 Å². The highest BCUT2D eigenvalue weighted by Gasteiger charge is 2.06. The Morgan fingerprint density at radius 2 is 1.57 bits per heavy atom. The van der Waals surface area contributed by atoms with E-state index in [1.54, 1.807) is 42.6 Å².